The molecule has 3 aliphatic heterocycles. The molecule has 3 saturated heterocycles. The van der Waals surface area contributed by atoms with Gasteiger partial charge in [0.2, 0.25) is 0 Å². The van der Waals surface area contributed by atoms with Crippen molar-refractivity contribution in [2.45, 2.75) is 83.0 Å². The smallest absolute Gasteiger partial charge is 0.190 e. The summed E-state index contributed by atoms with van der Waals surface area (Å²) in [7, 11) is 0. The van der Waals surface area contributed by atoms with Gasteiger partial charge in [-0.1, -0.05) is 30.3 Å². The molecule has 1 aromatic rings. The van der Waals surface area contributed by atoms with Gasteiger partial charge in [-0.25, -0.2) is 0 Å². The van der Waals surface area contributed by atoms with Crippen LogP contribution in [0.3, 0.4) is 0 Å². The van der Waals surface area contributed by atoms with E-state index in [0.29, 0.717) is 19.6 Å². The molecular formula is C20H28O6. The summed E-state index contributed by atoms with van der Waals surface area (Å²) >= 11 is 0. The first-order valence-electron chi connectivity index (χ1n) is 9.28. The lowest BCUT2D eigenvalue weighted by molar-refractivity contribution is -0.236. The molecule has 3 aliphatic rings. The number of fused-ring (bicyclic) bond motifs is 1. The number of ether oxygens (including phenoxy) is 6. The van der Waals surface area contributed by atoms with Crippen molar-refractivity contribution in [2.75, 3.05) is 6.61 Å². The van der Waals surface area contributed by atoms with Crippen molar-refractivity contribution in [1.29, 1.82) is 0 Å². The molecule has 0 aliphatic carbocycles. The summed E-state index contributed by atoms with van der Waals surface area (Å²) in [6, 6.07) is 10.1. The predicted molar refractivity (Wildman–Crippen MR) is 93.2 cm³/mol. The standard InChI is InChI=1S/C20H28O6/c1-19(2)18(26-19)23-15-10-14(12-21-11-13-8-6-5-7-9-13)22-17-16(15)24-20(3,4)25-17/h5-9,14-18H,10-12H2,1-4H3/t14?,15-,16?,17-,18?/m1/s1. The third-order valence-corrected chi connectivity index (χ3v) is 4.91. The largest absolute Gasteiger partial charge is 0.374 e. The normalized spacial score (nSPS) is 37.3. The molecule has 144 valence electrons. The van der Waals surface area contributed by atoms with Crippen molar-refractivity contribution in [3.05, 3.63) is 35.9 Å². The van der Waals surface area contributed by atoms with Crippen LogP contribution >= 0.6 is 0 Å². The highest BCUT2D eigenvalue weighted by Gasteiger charge is 2.56. The minimum absolute atomic E-state index is 0.107. The van der Waals surface area contributed by atoms with Crippen LogP contribution in [-0.2, 0) is 35.0 Å². The zero-order valence-corrected chi connectivity index (χ0v) is 15.8. The van der Waals surface area contributed by atoms with E-state index in [-0.39, 0.29) is 30.2 Å². The first-order valence-corrected chi connectivity index (χ1v) is 9.28. The zero-order chi connectivity index (χ0) is 18.4. The van der Waals surface area contributed by atoms with Gasteiger partial charge in [-0.3, -0.25) is 0 Å². The number of hydrogen-bond acceptors (Lipinski definition) is 6. The van der Waals surface area contributed by atoms with Gasteiger partial charge < -0.3 is 28.4 Å². The second-order valence-electron chi connectivity index (χ2n) is 8.19. The van der Waals surface area contributed by atoms with Gasteiger partial charge in [0.1, 0.15) is 11.7 Å². The molecular weight excluding hydrogens is 336 g/mol. The third kappa shape index (κ3) is 4.11. The SMILES string of the molecule is CC1(C)OC2[C@H](OC(COCc3ccccc3)C[C@H]2OC2OC2(C)C)O1. The molecule has 0 radical (unpaired) electrons. The van der Waals surface area contributed by atoms with E-state index in [0.717, 1.165) is 5.56 Å². The molecule has 0 spiro atoms. The average molecular weight is 364 g/mol. The molecule has 4 rings (SSSR count). The monoisotopic (exact) mass is 364 g/mol. The lowest BCUT2D eigenvalue weighted by Gasteiger charge is -2.36. The van der Waals surface area contributed by atoms with Crippen LogP contribution in [0.2, 0.25) is 0 Å². The molecule has 0 N–H and O–H groups in total. The van der Waals surface area contributed by atoms with Crippen LogP contribution in [0.4, 0.5) is 0 Å². The van der Waals surface area contributed by atoms with Gasteiger partial charge in [-0.2, -0.15) is 0 Å². The van der Waals surface area contributed by atoms with E-state index in [2.05, 4.69) is 0 Å². The van der Waals surface area contributed by atoms with E-state index in [4.69, 9.17) is 28.4 Å². The summed E-state index contributed by atoms with van der Waals surface area (Å²) in [6.07, 6.45) is -0.474. The topological polar surface area (TPSA) is 58.7 Å². The molecule has 1 aromatic carbocycles. The van der Waals surface area contributed by atoms with E-state index in [9.17, 15) is 0 Å². The molecule has 6 heteroatoms. The molecule has 0 amide bonds. The minimum Gasteiger partial charge on any atom is -0.374 e. The maximum atomic E-state index is 6.16. The maximum absolute atomic E-state index is 6.16. The van der Waals surface area contributed by atoms with E-state index in [1.807, 2.05) is 58.0 Å². The summed E-state index contributed by atoms with van der Waals surface area (Å²) in [4.78, 5) is 0. The summed E-state index contributed by atoms with van der Waals surface area (Å²) in [5.41, 5.74) is 0.908. The fourth-order valence-electron chi connectivity index (χ4n) is 3.47. The molecule has 0 aromatic heterocycles. The summed E-state index contributed by atoms with van der Waals surface area (Å²) in [5.74, 6) is -0.684. The van der Waals surface area contributed by atoms with Crippen LogP contribution < -0.4 is 0 Å². The maximum Gasteiger partial charge on any atom is 0.190 e. The molecule has 0 bridgehead atoms. The molecule has 3 fully saturated rings. The summed E-state index contributed by atoms with van der Waals surface area (Å²) < 4.78 is 35.6. The Labute approximate surface area is 154 Å². The van der Waals surface area contributed by atoms with Crippen molar-refractivity contribution in [3.8, 4) is 0 Å². The second-order valence-corrected chi connectivity index (χ2v) is 8.19. The molecule has 5 atom stereocenters. The lowest BCUT2D eigenvalue weighted by atomic mass is 10.0. The molecule has 3 unspecified atom stereocenters. The van der Waals surface area contributed by atoms with E-state index < -0.39 is 12.1 Å². The quantitative estimate of drug-likeness (QED) is 0.724. The van der Waals surface area contributed by atoms with Gasteiger partial charge in [0, 0.05) is 6.42 Å². The highest BCUT2D eigenvalue weighted by Crippen LogP contribution is 2.42. The van der Waals surface area contributed by atoms with Crippen molar-refractivity contribution in [3.63, 3.8) is 0 Å². The van der Waals surface area contributed by atoms with Crippen molar-refractivity contribution in [1.82, 2.24) is 0 Å². The summed E-state index contributed by atoms with van der Waals surface area (Å²) in [6.45, 7) is 8.86. The predicted octanol–water partition coefficient (Wildman–Crippen LogP) is 2.99. The number of rotatable bonds is 6. The number of hydrogen-bond donors (Lipinski definition) is 0. The second kappa shape index (κ2) is 6.86. The van der Waals surface area contributed by atoms with Gasteiger partial charge in [-0.05, 0) is 33.3 Å². The van der Waals surface area contributed by atoms with Crippen LogP contribution in [0.5, 0.6) is 0 Å². The van der Waals surface area contributed by atoms with E-state index >= 15 is 0 Å². The highest BCUT2D eigenvalue weighted by atomic mass is 16.8. The van der Waals surface area contributed by atoms with Gasteiger partial charge >= 0.3 is 0 Å². The Balaban J connectivity index is 1.36. The number of epoxide rings is 1. The van der Waals surface area contributed by atoms with Crippen molar-refractivity contribution in [2.24, 2.45) is 0 Å². The Morgan fingerprint density at radius 3 is 2.46 bits per heavy atom. The lowest BCUT2D eigenvalue weighted by Crippen LogP contribution is -2.49. The molecule has 26 heavy (non-hydrogen) atoms. The van der Waals surface area contributed by atoms with E-state index in [1.165, 1.54) is 0 Å². The van der Waals surface area contributed by atoms with Gasteiger partial charge in [0.15, 0.2) is 18.4 Å². The fraction of sp³-hybridized carbons (Fsp3) is 0.700. The van der Waals surface area contributed by atoms with Crippen LogP contribution in [0.25, 0.3) is 0 Å². The first-order chi connectivity index (χ1) is 12.3. The third-order valence-electron chi connectivity index (χ3n) is 4.91. The molecule has 0 saturated carbocycles. The van der Waals surface area contributed by atoms with E-state index in [1.54, 1.807) is 0 Å². The van der Waals surface area contributed by atoms with Gasteiger partial charge in [-0.15, -0.1) is 0 Å². The molecule has 6 nitrogen and oxygen atoms in total. The van der Waals surface area contributed by atoms with Crippen LogP contribution in [0.15, 0.2) is 30.3 Å². The minimum atomic E-state index is -0.684. The Bertz CT molecular complexity index is 616. The summed E-state index contributed by atoms with van der Waals surface area (Å²) in [5, 5.41) is 0. The van der Waals surface area contributed by atoms with Crippen molar-refractivity contribution < 1.29 is 28.4 Å². The first kappa shape index (κ1) is 18.3. The highest BCUT2D eigenvalue weighted by molar-refractivity contribution is 5.13. The Morgan fingerprint density at radius 1 is 1.04 bits per heavy atom. The molecule has 3 heterocycles. The fourth-order valence-corrected chi connectivity index (χ4v) is 3.47. The Hall–Kier alpha value is -1.02. The Morgan fingerprint density at radius 2 is 1.77 bits per heavy atom. The Kier molecular flexibility index (Phi) is 4.84. The zero-order valence-electron chi connectivity index (χ0n) is 15.8. The number of benzene rings is 1. The van der Waals surface area contributed by atoms with Crippen LogP contribution in [0, 0.1) is 0 Å². The van der Waals surface area contributed by atoms with Gasteiger partial charge in [0.05, 0.1) is 25.4 Å². The van der Waals surface area contributed by atoms with Crippen LogP contribution in [0.1, 0.15) is 39.7 Å². The van der Waals surface area contributed by atoms with Gasteiger partial charge in [0.25, 0.3) is 0 Å². The van der Waals surface area contributed by atoms with Crippen molar-refractivity contribution >= 4 is 0 Å². The van der Waals surface area contributed by atoms with Crippen LogP contribution in [-0.4, -0.2) is 48.9 Å². The average Bonchev–Trinajstić information content (AvgIpc) is 3.03.